The van der Waals surface area contributed by atoms with E-state index >= 15 is 0 Å². The Morgan fingerprint density at radius 3 is 2.86 bits per heavy atom. The summed E-state index contributed by atoms with van der Waals surface area (Å²) in [6, 6.07) is 0.215. The molecule has 0 aromatic carbocycles. The fourth-order valence-corrected chi connectivity index (χ4v) is 3.37. The topological polar surface area (TPSA) is 113 Å². The minimum Gasteiger partial charge on any atom is -0.496 e. The summed E-state index contributed by atoms with van der Waals surface area (Å²) in [5, 5.41) is 14.6. The van der Waals surface area contributed by atoms with E-state index in [1.165, 1.54) is 31.9 Å². The summed E-state index contributed by atoms with van der Waals surface area (Å²) in [6.45, 7) is 1.50. The monoisotopic (exact) mass is 421 g/mol. The molecular weight excluding hydrogens is 403 g/mol. The Labute approximate surface area is 161 Å². The normalized spacial score (nSPS) is 18.5. The highest BCUT2D eigenvalue weighted by atomic mass is 32.2. The van der Waals surface area contributed by atoms with Gasteiger partial charge < -0.3 is 19.7 Å². The second kappa shape index (κ2) is 9.13. The summed E-state index contributed by atoms with van der Waals surface area (Å²) in [4.78, 5) is 28.2. The predicted octanol–water partition coefficient (Wildman–Crippen LogP) is 2.51. The van der Waals surface area contributed by atoms with E-state index in [2.05, 4.69) is 15.5 Å². The van der Waals surface area contributed by atoms with Crippen molar-refractivity contribution in [3.05, 3.63) is 28.3 Å². The first-order valence-corrected chi connectivity index (χ1v) is 9.07. The van der Waals surface area contributed by atoms with E-state index in [0.29, 0.717) is 5.04 Å². The number of rotatable bonds is 7. The minimum absolute atomic E-state index is 0.101. The van der Waals surface area contributed by atoms with Gasteiger partial charge in [-0.3, -0.25) is 9.79 Å². The van der Waals surface area contributed by atoms with E-state index in [0.717, 1.165) is 6.07 Å². The molecule has 1 aliphatic rings. The molecule has 2 atom stereocenters. The zero-order chi connectivity index (χ0) is 20.9. The predicted molar refractivity (Wildman–Crippen MR) is 96.3 cm³/mol. The van der Waals surface area contributed by atoms with Crippen LogP contribution in [-0.4, -0.2) is 47.0 Å². The van der Waals surface area contributed by atoms with Gasteiger partial charge in [0.1, 0.15) is 28.3 Å². The summed E-state index contributed by atoms with van der Waals surface area (Å²) < 4.78 is 48.0. The molecule has 0 saturated carbocycles. The van der Waals surface area contributed by atoms with Crippen LogP contribution in [0.1, 0.15) is 31.6 Å². The van der Waals surface area contributed by atoms with Crippen molar-refractivity contribution in [2.24, 2.45) is 10.1 Å². The number of nitrogens with one attached hydrogen (secondary N) is 1. The molecule has 0 fully saturated rings. The highest BCUT2D eigenvalue weighted by Crippen LogP contribution is 2.29. The van der Waals surface area contributed by atoms with Gasteiger partial charge in [-0.25, -0.2) is 4.79 Å². The van der Waals surface area contributed by atoms with Gasteiger partial charge in [-0.1, -0.05) is 5.16 Å². The van der Waals surface area contributed by atoms with Gasteiger partial charge in [0, 0.05) is 18.2 Å². The molecule has 0 radical (unpaired) electrons. The van der Waals surface area contributed by atoms with E-state index < -0.39 is 42.6 Å². The van der Waals surface area contributed by atoms with Crippen molar-refractivity contribution >= 4 is 28.4 Å². The van der Waals surface area contributed by atoms with Crippen LogP contribution in [0, 0.1) is 0 Å². The third-order valence-electron chi connectivity index (χ3n) is 3.79. The lowest BCUT2D eigenvalue weighted by Crippen LogP contribution is -2.37. The summed E-state index contributed by atoms with van der Waals surface area (Å²) in [5.74, 6) is -0.443. The number of aliphatic imine (C=N–C) groups is 1. The quantitative estimate of drug-likeness (QED) is 0.397. The van der Waals surface area contributed by atoms with Crippen LogP contribution in [-0.2, 0) is 4.79 Å². The SMILES string of the molecule is COc1cc(C(CCC(F)(F)F)NC(=O)C2CSC(/C(C)=N\O)=N2)oc(=O)c1. The molecule has 1 aromatic heterocycles. The van der Waals surface area contributed by atoms with Crippen LogP contribution in [0.15, 0.2) is 31.5 Å². The van der Waals surface area contributed by atoms with Crippen molar-refractivity contribution in [3.63, 3.8) is 0 Å². The van der Waals surface area contributed by atoms with Crippen LogP contribution in [0.25, 0.3) is 0 Å². The van der Waals surface area contributed by atoms with Crippen molar-refractivity contribution in [2.75, 3.05) is 12.9 Å². The van der Waals surface area contributed by atoms with Crippen molar-refractivity contribution < 1.29 is 32.3 Å². The highest BCUT2D eigenvalue weighted by molar-refractivity contribution is 8.16. The standard InChI is InChI=1S/C16H18F3N3O5S/c1-8(22-25)15-21-11(7-28-15)14(24)20-10(3-4-16(17,18)19)12-5-9(26-2)6-13(23)27-12/h5-6,10-11,25H,3-4,7H2,1-2H3,(H,20,24)/b22-8-. The lowest BCUT2D eigenvalue weighted by atomic mass is 10.1. The molecule has 2 unspecified atom stereocenters. The summed E-state index contributed by atoms with van der Waals surface area (Å²) in [5.41, 5.74) is -0.583. The number of hydrogen-bond acceptors (Lipinski definition) is 8. The second-order valence-electron chi connectivity index (χ2n) is 5.88. The van der Waals surface area contributed by atoms with Gasteiger partial charge in [0.15, 0.2) is 0 Å². The molecule has 0 saturated heterocycles. The van der Waals surface area contributed by atoms with Crippen LogP contribution < -0.4 is 15.7 Å². The molecule has 2 rings (SSSR count). The number of oxime groups is 1. The van der Waals surface area contributed by atoms with Gasteiger partial charge in [-0.2, -0.15) is 13.2 Å². The van der Waals surface area contributed by atoms with Crippen LogP contribution >= 0.6 is 11.8 Å². The van der Waals surface area contributed by atoms with Gasteiger partial charge in [-0.05, 0) is 13.3 Å². The molecule has 0 bridgehead atoms. The molecule has 0 aliphatic carbocycles. The fourth-order valence-electron chi connectivity index (χ4n) is 2.37. The number of nitrogens with zero attached hydrogens (tertiary/aromatic N) is 2. The molecule has 2 heterocycles. The van der Waals surface area contributed by atoms with Gasteiger partial charge in [0.2, 0.25) is 5.91 Å². The third kappa shape index (κ3) is 6.01. The first-order chi connectivity index (χ1) is 13.1. The minimum atomic E-state index is -4.45. The Morgan fingerprint density at radius 1 is 1.54 bits per heavy atom. The number of alkyl halides is 3. The van der Waals surface area contributed by atoms with Crippen molar-refractivity contribution in [3.8, 4) is 5.75 Å². The number of carbonyl (C=O) groups excluding carboxylic acids is 1. The van der Waals surface area contributed by atoms with E-state index in [1.54, 1.807) is 0 Å². The number of hydrogen-bond donors (Lipinski definition) is 2. The number of methoxy groups -OCH3 is 1. The number of ether oxygens (including phenoxy) is 1. The van der Waals surface area contributed by atoms with Gasteiger partial charge in [0.05, 0.1) is 19.2 Å². The van der Waals surface area contributed by atoms with Gasteiger partial charge >= 0.3 is 11.8 Å². The second-order valence-corrected chi connectivity index (χ2v) is 6.89. The van der Waals surface area contributed by atoms with Crippen molar-refractivity contribution in [1.29, 1.82) is 0 Å². The molecule has 28 heavy (non-hydrogen) atoms. The zero-order valence-corrected chi connectivity index (χ0v) is 15.8. The highest BCUT2D eigenvalue weighted by Gasteiger charge is 2.33. The molecule has 1 aliphatic heterocycles. The molecule has 2 N–H and O–H groups in total. The Morgan fingerprint density at radius 2 is 2.25 bits per heavy atom. The van der Waals surface area contributed by atoms with Crippen molar-refractivity contribution in [1.82, 2.24) is 5.32 Å². The first-order valence-electron chi connectivity index (χ1n) is 8.08. The zero-order valence-electron chi connectivity index (χ0n) is 14.9. The van der Waals surface area contributed by atoms with Crippen molar-refractivity contribution in [2.45, 2.75) is 38.0 Å². The van der Waals surface area contributed by atoms with Gasteiger partial charge in [0.25, 0.3) is 0 Å². The summed E-state index contributed by atoms with van der Waals surface area (Å²) >= 11 is 1.19. The maximum Gasteiger partial charge on any atom is 0.389 e. The maximum absolute atomic E-state index is 12.7. The van der Waals surface area contributed by atoms with Gasteiger partial charge in [-0.15, -0.1) is 11.8 Å². The Hall–Kier alpha value is -2.50. The number of carbonyl (C=O) groups is 1. The average Bonchev–Trinajstić information content (AvgIpc) is 3.13. The lowest BCUT2D eigenvalue weighted by Gasteiger charge is -2.20. The molecule has 154 valence electrons. The third-order valence-corrected chi connectivity index (χ3v) is 4.95. The van der Waals surface area contributed by atoms with Crippen LogP contribution in [0.3, 0.4) is 0 Å². The smallest absolute Gasteiger partial charge is 0.389 e. The fraction of sp³-hybridized carbons (Fsp3) is 0.500. The van der Waals surface area contributed by atoms with Crippen LogP contribution in [0.5, 0.6) is 5.75 Å². The molecule has 8 nitrogen and oxygen atoms in total. The largest absolute Gasteiger partial charge is 0.496 e. The van der Waals surface area contributed by atoms with Crippen LogP contribution in [0.2, 0.25) is 0 Å². The first kappa shape index (κ1) is 21.8. The maximum atomic E-state index is 12.7. The van der Waals surface area contributed by atoms with E-state index in [1.807, 2.05) is 0 Å². The van der Waals surface area contributed by atoms with E-state index in [9.17, 15) is 22.8 Å². The van der Waals surface area contributed by atoms with E-state index in [-0.39, 0.29) is 23.0 Å². The molecule has 1 amide bonds. The number of amides is 1. The van der Waals surface area contributed by atoms with Crippen LogP contribution in [0.4, 0.5) is 13.2 Å². The Bertz CT molecular complexity index is 838. The molecule has 12 heteroatoms. The molecule has 0 spiro atoms. The lowest BCUT2D eigenvalue weighted by molar-refractivity contribution is -0.138. The van der Waals surface area contributed by atoms with E-state index in [4.69, 9.17) is 14.4 Å². The molecular formula is C16H18F3N3O5S. The Balaban J connectivity index is 2.23. The number of halogens is 3. The molecule has 1 aromatic rings. The Kier molecular flexibility index (Phi) is 7.11. The summed E-state index contributed by atoms with van der Waals surface area (Å²) in [7, 11) is 1.29. The average molecular weight is 421 g/mol. The summed E-state index contributed by atoms with van der Waals surface area (Å²) in [6.07, 6.45) is -6.17. The number of thioether (sulfide) groups is 1.